The molecule has 4 rings (SSSR count). The Bertz CT molecular complexity index is 771. The number of anilines is 1. The molecule has 0 spiro atoms. The van der Waals surface area contributed by atoms with Crippen LogP contribution in [-0.4, -0.2) is 28.9 Å². The highest BCUT2D eigenvalue weighted by atomic mass is 35.5. The van der Waals surface area contributed by atoms with Gasteiger partial charge in [0, 0.05) is 24.5 Å². The number of nitrogens with two attached hydrogens (primary N) is 1. The Balaban J connectivity index is 0.00000169. The Labute approximate surface area is 148 Å². The van der Waals surface area contributed by atoms with E-state index in [1.54, 1.807) is 4.68 Å². The monoisotopic (exact) mass is 348 g/mol. The second kappa shape index (κ2) is 7.11. The first-order valence-electron chi connectivity index (χ1n) is 8.76. The first kappa shape index (κ1) is 17.2. The maximum absolute atomic E-state index is 12.8. The van der Waals surface area contributed by atoms with E-state index in [4.69, 9.17) is 10.8 Å². The van der Waals surface area contributed by atoms with Gasteiger partial charge in [-0.3, -0.25) is 4.79 Å². The van der Waals surface area contributed by atoms with E-state index in [0.717, 1.165) is 61.8 Å². The second-order valence-electron chi connectivity index (χ2n) is 6.91. The van der Waals surface area contributed by atoms with E-state index in [-0.39, 0.29) is 30.0 Å². The SMILES string of the molecule is Cl.NC1CCCCN(c2nn(C3CCC3)c(=O)c3ccccc23)C1. The van der Waals surface area contributed by atoms with E-state index in [0.29, 0.717) is 0 Å². The minimum Gasteiger partial charge on any atom is -0.353 e. The van der Waals surface area contributed by atoms with Crippen molar-refractivity contribution < 1.29 is 0 Å². The summed E-state index contributed by atoms with van der Waals surface area (Å²) < 4.78 is 1.73. The number of hydrogen-bond donors (Lipinski definition) is 1. The highest BCUT2D eigenvalue weighted by molar-refractivity contribution is 5.91. The topological polar surface area (TPSA) is 64.2 Å². The van der Waals surface area contributed by atoms with Gasteiger partial charge in [-0.05, 0) is 38.2 Å². The standard InChI is InChI=1S/C18H24N4O.ClH/c19-13-6-3-4-11-21(12-13)17-15-9-1-2-10-16(15)18(23)22(20-17)14-7-5-8-14;/h1-2,9-10,13-14H,3-8,11-12,19H2;1H. The maximum atomic E-state index is 12.8. The third-order valence-electron chi connectivity index (χ3n) is 5.24. The van der Waals surface area contributed by atoms with E-state index in [9.17, 15) is 4.79 Å². The molecule has 1 saturated heterocycles. The molecule has 0 amide bonds. The van der Waals surface area contributed by atoms with Gasteiger partial charge in [0.05, 0.1) is 11.4 Å². The van der Waals surface area contributed by atoms with Crippen LogP contribution in [0, 0.1) is 0 Å². The first-order valence-corrected chi connectivity index (χ1v) is 8.76. The van der Waals surface area contributed by atoms with Crippen LogP contribution >= 0.6 is 12.4 Å². The highest BCUT2D eigenvalue weighted by Gasteiger charge is 2.26. The van der Waals surface area contributed by atoms with E-state index in [1.165, 1.54) is 6.42 Å². The quantitative estimate of drug-likeness (QED) is 0.906. The summed E-state index contributed by atoms with van der Waals surface area (Å²) in [5.74, 6) is 0.935. The number of benzene rings is 1. The molecule has 1 aliphatic carbocycles. The normalized spacial score (nSPS) is 21.9. The van der Waals surface area contributed by atoms with Gasteiger partial charge in [-0.2, -0.15) is 5.10 Å². The number of rotatable bonds is 2. The lowest BCUT2D eigenvalue weighted by Crippen LogP contribution is -2.39. The lowest BCUT2D eigenvalue weighted by molar-refractivity contribution is 0.280. The number of fused-ring (bicyclic) bond motifs is 1. The van der Waals surface area contributed by atoms with Gasteiger partial charge in [-0.15, -0.1) is 12.4 Å². The molecule has 0 radical (unpaired) electrons. The molecular weight excluding hydrogens is 324 g/mol. The molecule has 0 bridgehead atoms. The molecule has 24 heavy (non-hydrogen) atoms. The number of halogens is 1. The summed E-state index contributed by atoms with van der Waals surface area (Å²) in [7, 11) is 0. The van der Waals surface area contributed by atoms with Crippen molar-refractivity contribution in [1.29, 1.82) is 0 Å². The van der Waals surface area contributed by atoms with Crippen LogP contribution in [0.25, 0.3) is 10.8 Å². The van der Waals surface area contributed by atoms with Gasteiger partial charge in [-0.1, -0.05) is 24.6 Å². The van der Waals surface area contributed by atoms with E-state index in [1.807, 2.05) is 24.3 Å². The Morgan fingerprint density at radius 2 is 1.79 bits per heavy atom. The second-order valence-corrected chi connectivity index (χ2v) is 6.91. The number of aromatic nitrogens is 2. The maximum Gasteiger partial charge on any atom is 0.275 e. The summed E-state index contributed by atoms with van der Waals surface area (Å²) in [5, 5.41) is 6.54. The van der Waals surface area contributed by atoms with Crippen molar-refractivity contribution in [3.05, 3.63) is 34.6 Å². The van der Waals surface area contributed by atoms with Gasteiger partial charge >= 0.3 is 0 Å². The molecule has 1 unspecified atom stereocenters. The van der Waals surface area contributed by atoms with Crippen molar-refractivity contribution in [3.8, 4) is 0 Å². The van der Waals surface area contributed by atoms with Crippen LogP contribution in [0.1, 0.15) is 44.6 Å². The van der Waals surface area contributed by atoms with Crippen LogP contribution < -0.4 is 16.2 Å². The van der Waals surface area contributed by atoms with Crippen molar-refractivity contribution in [1.82, 2.24) is 9.78 Å². The van der Waals surface area contributed by atoms with Gasteiger partial charge in [-0.25, -0.2) is 4.68 Å². The van der Waals surface area contributed by atoms with Crippen LogP contribution in [0.5, 0.6) is 0 Å². The van der Waals surface area contributed by atoms with Crippen LogP contribution in [0.2, 0.25) is 0 Å². The highest BCUT2D eigenvalue weighted by Crippen LogP contribution is 2.32. The molecule has 5 nitrogen and oxygen atoms in total. The van der Waals surface area contributed by atoms with E-state index in [2.05, 4.69) is 4.90 Å². The molecule has 2 N–H and O–H groups in total. The summed E-state index contributed by atoms with van der Waals surface area (Å²) in [6, 6.07) is 8.32. The molecular formula is C18H25ClN4O. The van der Waals surface area contributed by atoms with Crippen molar-refractivity contribution in [2.24, 2.45) is 5.73 Å². The summed E-state index contributed by atoms with van der Waals surface area (Å²) in [6.45, 7) is 1.79. The van der Waals surface area contributed by atoms with Crippen LogP contribution in [0.15, 0.2) is 29.1 Å². The Morgan fingerprint density at radius 3 is 2.50 bits per heavy atom. The van der Waals surface area contributed by atoms with Gasteiger partial charge < -0.3 is 10.6 Å². The molecule has 1 aromatic carbocycles. The largest absolute Gasteiger partial charge is 0.353 e. The first-order chi connectivity index (χ1) is 11.2. The molecule has 2 aliphatic rings. The predicted octanol–water partition coefficient (Wildman–Crippen LogP) is 2.86. The zero-order valence-corrected chi connectivity index (χ0v) is 14.7. The molecule has 1 aromatic heterocycles. The summed E-state index contributed by atoms with van der Waals surface area (Å²) in [5.41, 5.74) is 6.28. The molecule has 2 fully saturated rings. The fourth-order valence-electron chi connectivity index (χ4n) is 3.67. The average Bonchev–Trinajstić information content (AvgIpc) is 2.73. The lowest BCUT2D eigenvalue weighted by atomic mass is 9.93. The third kappa shape index (κ3) is 3.03. The van der Waals surface area contributed by atoms with Crippen molar-refractivity contribution in [2.75, 3.05) is 18.0 Å². The molecule has 6 heteroatoms. The average molecular weight is 349 g/mol. The van der Waals surface area contributed by atoms with E-state index < -0.39 is 0 Å². The third-order valence-corrected chi connectivity index (χ3v) is 5.24. The molecule has 2 aromatic rings. The zero-order valence-electron chi connectivity index (χ0n) is 13.9. The lowest BCUT2D eigenvalue weighted by Gasteiger charge is -2.30. The number of nitrogens with zero attached hydrogens (tertiary/aromatic N) is 3. The van der Waals surface area contributed by atoms with Crippen molar-refractivity contribution in [2.45, 2.75) is 50.6 Å². The van der Waals surface area contributed by atoms with Gasteiger partial charge in [0.1, 0.15) is 0 Å². The fraction of sp³-hybridized carbons (Fsp3) is 0.556. The summed E-state index contributed by atoms with van der Waals surface area (Å²) >= 11 is 0. The van der Waals surface area contributed by atoms with Crippen molar-refractivity contribution >= 4 is 29.0 Å². The summed E-state index contributed by atoms with van der Waals surface area (Å²) in [4.78, 5) is 15.1. The van der Waals surface area contributed by atoms with Gasteiger partial charge in [0.25, 0.3) is 5.56 Å². The molecule has 1 saturated carbocycles. The predicted molar refractivity (Wildman–Crippen MR) is 100 cm³/mol. The van der Waals surface area contributed by atoms with E-state index >= 15 is 0 Å². The molecule has 1 aliphatic heterocycles. The fourth-order valence-corrected chi connectivity index (χ4v) is 3.67. The van der Waals surface area contributed by atoms with Crippen LogP contribution in [0.4, 0.5) is 5.82 Å². The minimum absolute atomic E-state index is 0. The molecule has 2 heterocycles. The molecule has 1 atom stereocenters. The smallest absolute Gasteiger partial charge is 0.275 e. The van der Waals surface area contributed by atoms with Crippen LogP contribution in [0.3, 0.4) is 0 Å². The van der Waals surface area contributed by atoms with Gasteiger partial charge in [0.15, 0.2) is 5.82 Å². The Kier molecular flexibility index (Phi) is 5.11. The van der Waals surface area contributed by atoms with Crippen LogP contribution in [-0.2, 0) is 0 Å². The number of hydrogen-bond acceptors (Lipinski definition) is 4. The zero-order chi connectivity index (χ0) is 15.8. The van der Waals surface area contributed by atoms with Gasteiger partial charge in [0.2, 0.25) is 0 Å². The van der Waals surface area contributed by atoms with Crippen molar-refractivity contribution in [3.63, 3.8) is 0 Å². The minimum atomic E-state index is 0. The summed E-state index contributed by atoms with van der Waals surface area (Å²) in [6.07, 6.45) is 6.67. The Morgan fingerprint density at radius 1 is 1.04 bits per heavy atom. The molecule has 130 valence electrons. The Hall–Kier alpha value is -1.59.